The highest BCUT2D eigenvalue weighted by Crippen LogP contribution is 2.25. The maximum atomic E-state index is 10.9. The minimum absolute atomic E-state index is 0.105. The molecule has 94 valence electrons. The second kappa shape index (κ2) is 5.64. The average Bonchev–Trinajstić information content (AvgIpc) is 2.84. The Morgan fingerprint density at radius 3 is 2.83 bits per heavy atom. The summed E-state index contributed by atoms with van der Waals surface area (Å²) in [6, 6.07) is 4.99. The summed E-state index contributed by atoms with van der Waals surface area (Å²) >= 11 is 5.88. The first-order valence-electron chi connectivity index (χ1n) is 5.42. The Morgan fingerprint density at radius 2 is 2.17 bits per heavy atom. The fraction of sp³-hybridized carbons (Fsp3) is 0.250. The number of rotatable bonds is 5. The van der Waals surface area contributed by atoms with Crippen LogP contribution in [0.3, 0.4) is 0 Å². The molecule has 1 aromatic carbocycles. The van der Waals surface area contributed by atoms with Gasteiger partial charge in [0.15, 0.2) is 12.9 Å². The van der Waals surface area contributed by atoms with Crippen LogP contribution in [-0.2, 0) is 13.0 Å². The Hall–Kier alpha value is -1.88. The molecule has 1 aromatic heterocycles. The Bertz CT molecular complexity index is 554. The maximum absolute atomic E-state index is 10.9. The molecule has 0 aliphatic carbocycles. The quantitative estimate of drug-likeness (QED) is 0.779. The number of hydrogen-bond donors (Lipinski definition) is 0. The van der Waals surface area contributed by atoms with E-state index in [9.17, 15) is 4.79 Å². The maximum Gasteiger partial charge on any atom is 0.253 e. The van der Waals surface area contributed by atoms with Crippen molar-refractivity contribution in [2.45, 2.75) is 20.0 Å². The normalized spacial score (nSPS) is 10.3. The molecule has 0 bridgehead atoms. The highest BCUT2D eigenvalue weighted by atomic mass is 35.5. The number of aromatic nitrogens is 2. The van der Waals surface area contributed by atoms with Crippen molar-refractivity contribution in [3.05, 3.63) is 40.6 Å². The van der Waals surface area contributed by atoms with E-state index in [1.807, 2.05) is 6.92 Å². The van der Waals surface area contributed by atoms with Gasteiger partial charge in [-0.2, -0.15) is 0 Å². The zero-order chi connectivity index (χ0) is 13.0. The molecule has 0 aliphatic rings. The third-order valence-electron chi connectivity index (χ3n) is 2.29. The molecule has 0 unspecified atom stereocenters. The Balaban J connectivity index is 2.10. The molecule has 0 fully saturated rings. The van der Waals surface area contributed by atoms with Gasteiger partial charge in [0, 0.05) is 6.42 Å². The van der Waals surface area contributed by atoms with Crippen LogP contribution in [0.5, 0.6) is 5.75 Å². The molecular formula is C12H11ClN2O3. The van der Waals surface area contributed by atoms with Crippen molar-refractivity contribution in [1.82, 2.24) is 10.2 Å². The second-order valence-electron chi connectivity index (χ2n) is 3.50. The van der Waals surface area contributed by atoms with Crippen LogP contribution < -0.4 is 4.74 Å². The summed E-state index contributed by atoms with van der Waals surface area (Å²) < 4.78 is 10.7. The number of aryl methyl sites for hydroxylation is 1. The van der Waals surface area contributed by atoms with Crippen LogP contribution in [0.2, 0.25) is 5.02 Å². The predicted octanol–water partition coefficient (Wildman–Crippen LogP) is 2.68. The fourth-order valence-electron chi connectivity index (χ4n) is 1.39. The van der Waals surface area contributed by atoms with Gasteiger partial charge in [-0.05, 0) is 12.1 Å². The molecule has 0 radical (unpaired) electrons. The lowest BCUT2D eigenvalue weighted by molar-refractivity contribution is 0.111. The zero-order valence-corrected chi connectivity index (χ0v) is 10.5. The number of nitrogens with zero attached hydrogens (tertiary/aromatic N) is 2. The van der Waals surface area contributed by atoms with E-state index in [1.54, 1.807) is 18.2 Å². The van der Waals surface area contributed by atoms with E-state index in [2.05, 4.69) is 10.2 Å². The minimum Gasteiger partial charge on any atom is -0.483 e. The fourth-order valence-corrected chi connectivity index (χ4v) is 1.60. The van der Waals surface area contributed by atoms with E-state index in [0.717, 1.165) is 0 Å². The summed E-state index contributed by atoms with van der Waals surface area (Å²) in [5.74, 6) is 1.31. The number of benzene rings is 1. The summed E-state index contributed by atoms with van der Waals surface area (Å²) in [7, 11) is 0. The smallest absolute Gasteiger partial charge is 0.253 e. The van der Waals surface area contributed by atoms with Gasteiger partial charge in [-0.25, -0.2) is 0 Å². The zero-order valence-electron chi connectivity index (χ0n) is 9.72. The second-order valence-corrected chi connectivity index (χ2v) is 3.91. The number of carbonyl (C=O) groups is 1. The van der Waals surface area contributed by atoms with Crippen molar-refractivity contribution in [2.75, 3.05) is 0 Å². The van der Waals surface area contributed by atoms with Crippen molar-refractivity contribution < 1.29 is 13.9 Å². The topological polar surface area (TPSA) is 65.2 Å². The molecule has 2 rings (SSSR count). The highest BCUT2D eigenvalue weighted by molar-refractivity contribution is 6.33. The van der Waals surface area contributed by atoms with E-state index < -0.39 is 0 Å². The summed E-state index contributed by atoms with van der Waals surface area (Å²) in [5, 5.41) is 7.98. The number of ether oxygens (including phenoxy) is 1. The van der Waals surface area contributed by atoms with Crippen LogP contribution in [0.4, 0.5) is 0 Å². The lowest BCUT2D eigenvalue weighted by atomic mass is 10.2. The van der Waals surface area contributed by atoms with E-state index >= 15 is 0 Å². The van der Waals surface area contributed by atoms with Crippen LogP contribution in [0, 0.1) is 0 Å². The van der Waals surface area contributed by atoms with Crippen molar-refractivity contribution in [2.24, 2.45) is 0 Å². The van der Waals surface area contributed by atoms with Gasteiger partial charge in [-0.1, -0.05) is 24.6 Å². The molecule has 0 aliphatic heterocycles. The molecule has 6 heteroatoms. The van der Waals surface area contributed by atoms with Gasteiger partial charge in [-0.3, -0.25) is 4.79 Å². The summed E-state index contributed by atoms with van der Waals surface area (Å²) in [6.45, 7) is 2.02. The van der Waals surface area contributed by atoms with Crippen LogP contribution in [0.1, 0.15) is 29.1 Å². The van der Waals surface area contributed by atoms with Gasteiger partial charge < -0.3 is 9.15 Å². The van der Waals surface area contributed by atoms with Gasteiger partial charge in [0.05, 0.1) is 10.6 Å². The van der Waals surface area contributed by atoms with Crippen molar-refractivity contribution >= 4 is 17.9 Å². The first-order chi connectivity index (χ1) is 8.74. The van der Waals surface area contributed by atoms with Gasteiger partial charge in [-0.15, -0.1) is 10.2 Å². The molecule has 0 saturated carbocycles. The summed E-state index contributed by atoms with van der Waals surface area (Å²) in [6.07, 6.45) is 1.33. The van der Waals surface area contributed by atoms with E-state index in [-0.39, 0.29) is 6.61 Å². The van der Waals surface area contributed by atoms with Crippen molar-refractivity contribution in [3.8, 4) is 5.75 Å². The lowest BCUT2D eigenvalue weighted by Crippen LogP contribution is -1.99. The molecule has 1 heterocycles. The Labute approximate surface area is 109 Å². The third-order valence-corrected chi connectivity index (χ3v) is 2.62. The first kappa shape index (κ1) is 12.6. The number of hydrogen-bond acceptors (Lipinski definition) is 5. The molecule has 0 spiro atoms. The van der Waals surface area contributed by atoms with Crippen LogP contribution in [-0.4, -0.2) is 16.5 Å². The van der Waals surface area contributed by atoms with Crippen LogP contribution in [0.25, 0.3) is 0 Å². The molecule has 0 saturated heterocycles. The van der Waals surface area contributed by atoms with Crippen molar-refractivity contribution in [1.29, 1.82) is 0 Å². The van der Waals surface area contributed by atoms with Crippen molar-refractivity contribution in [3.63, 3.8) is 0 Å². The first-order valence-corrected chi connectivity index (χ1v) is 5.80. The molecule has 5 nitrogen and oxygen atoms in total. The highest BCUT2D eigenvalue weighted by Gasteiger charge is 2.09. The van der Waals surface area contributed by atoms with E-state index in [4.69, 9.17) is 20.8 Å². The summed E-state index contributed by atoms with van der Waals surface area (Å²) in [5.41, 5.74) is 0.314. The SMILES string of the molecule is CCc1nnc(COc2cccc(Cl)c2C=O)o1. The molecule has 18 heavy (non-hydrogen) atoms. The number of aldehydes is 1. The van der Waals surface area contributed by atoms with Gasteiger partial charge in [0.25, 0.3) is 5.89 Å². The minimum atomic E-state index is 0.105. The Morgan fingerprint density at radius 1 is 1.39 bits per heavy atom. The number of carbonyl (C=O) groups excluding carboxylic acids is 1. The number of halogens is 1. The molecule has 0 amide bonds. The average molecular weight is 267 g/mol. The van der Waals surface area contributed by atoms with Crippen LogP contribution >= 0.6 is 11.6 Å². The third kappa shape index (κ3) is 2.68. The van der Waals surface area contributed by atoms with Crippen LogP contribution in [0.15, 0.2) is 22.6 Å². The lowest BCUT2D eigenvalue weighted by Gasteiger charge is -2.06. The van der Waals surface area contributed by atoms with Gasteiger partial charge in [0.2, 0.25) is 5.89 Å². The van der Waals surface area contributed by atoms with Gasteiger partial charge >= 0.3 is 0 Å². The standard InChI is InChI=1S/C12H11ClN2O3/c1-2-11-14-15-12(18-11)7-17-10-5-3-4-9(13)8(10)6-16/h3-6H,2,7H2,1H3. The predicted molar refractivity (Wildman–Crippen MR) is 64.8 cm³/mol. The largest absolute Gasteiger partial charge is 0.483 e. The molecule has 2 aromatic rings. The van der Waals surface area contributed by atoms with Gasteiger partial charge in [0.1, 0.15) is 5.75 Å². The van der Waals surface area contributed by atoms with E-state index in [0.29, 0.717) is 40.8 Å². The Kier molecular flexibility index (Phi) is 3.94. The van der Waals surface area contributed by atoms with E-state index in [1.165, 1.54) is 0 Å². The molecule has 0 atom stereocenters. The molecular weight excluding hydrogens is 256 g/mol. The monoisotopic (exact) mass is 266 g/mol. The summed E-state index contributed by atoms with van der Waals surface area (Å²) in [4.78, 5) is 10.9. The molecule has 0 N–H and O–H groups in total.